The maximum absolute atomic E-state index is 13.3. The van der Waals surface area contributed by atoms with Gasteiger partial charge in [0.25, 0.3) is 0 Å². The van der Waals surface area contributed by atoms with Crippen molar-refractivity contribution in [3.63, 3.8) is 0 Å². The van der Waals surface area contributed by atoms with Gasteiger partial charge in [0.2, 0.25) is 0 Å². The molecule has 1 fully saturated rings. The summed E-state index contributed by atoms with van der Waals surface area (Å²) in [5.41, 5.74) is 4.51. The van der Waals surface area contributed by atoms with Gasteiger partial charge in [-0.15, -0.1) is 11.3 Å². The molecular formula is C23H23FN2OS. The number of nitrogens with zero attached hydrogens (tertiary/aromatic N) is 2. The van der Waals surface area contributed by atoms with E-state index in [1.165, 1.54) is 36.1 Å². The zero-order chi connectivity index (χ0) is 19.3. The molecule has 3 nitrogen and oxygen atoms in total. The molecule has 5 rings (SSSR count). The van der Waals surface area contributed by atoms with Crippen molar-refractivity contribution in [2.75, 3.05) is 0 Å². The van der Waals surface area contributed by atoms with E-state index in [9.17, 15) is 9.50 Å². The van der Waals surface area contributed by atoms with Crippen LogP contribution >= 0.6 is 11.3 Å². The second-order valence-corrected chi connectivity index (χ2v) is 9.27. The number of aliphatic hydroxyl groups is 1. The van der Waals surface area contributed by atoms with Gasteiger partial charge in [-0.2, -0.15) is 5.10 Å². The molecule has 1 N–H and O–H groups in total. The summed E-state index contributed by atoms with van der Waals surface area (Å²) >= 11 is 1.62. The second kappa shape index (κ2) is 6.68. The highest BCUT2D eigenvalue weighted by Crippen LogP contribution is 2.53. The van der Waals surface area contributed by atoms with Gasteiger partial charge >= 0.3 is 0 Å². The van der Waals surface area contributed by atoms with Crippen molar-refractivity contribution in [2.24, 2.45) is 11.3 Å². The lowest BCUT2D eigenvalue weighted by molar-refractivity contribution is 0.122. The molecule has 5 heteroatoms. The van der Waals surface area contributed by atoms with Crippen LogP contribution in [0.3, 0.4) is 0 Å². The Bertz CT molecular complexity index is 1020. The quantitative estimate of drug-likeness (QED) is 0.616. The minimum atomic E-state index is -0.444. The standard InChI is InChI=1S/C23H23FN2OS/c1-23(13-21(27)22-3-2-10-28-22)12-16-14-25-26(18-8-6-17(24)7-9-18)20(16)11-19(23)15-4-5-15/h2-3,6-11,14-15,21,27H,4-5,12-13H2,1H3/t21?,23-/m1/s1. The molecule has 1 aromatic carbocycles. The molecule has 0 bridgehead atoms. The van der Waals surface area contributed by atoms with E-state index >= 15 is 0 Å². The summed E-state index contributed by atoms with van der Waals surface area (Å²) in [6.45, 7) is 2.28. The molecule has 1 unspecified atom stereocenters. The Balaban J connectivity index is 1.51. The van der Waals surface area contributed by atoms with Crippen molar-refractivity contribution in [1.82, 2.24) is 9.78 Å². The summed E-state index contributed by atoms with van der Waals surface area (Å²) in [5, 5.41) is 17.4. The number of allylic oxidation sites excluding steroid dienone is 1. The van der Waals surface area contributed by atoms with Crippen molar-refractivity contribution >= 4 is 17.4 Å². The molecule has 1 saturated carbocycles. The molecule has 2 aliphatic carbocycles. The van der Waals surface area contributed by atoms with Gasteiger partial charge in [-0.3, -0.25) is 0 Å². The van der Waals surface area contributed by atoms with Crippen LogP contribution in [-0.2, 0) is 6.42 Å². The number of benzene rings is 1. The Hall–Kier alpha value is -2.24. The lowest BCUT2D eigenvalue weighted by atomic mass is 9.68. The van der Waals surface area contributed by atoms with Gasteiger partial charge in [0.05, 0.1) is 23.7 Å². The first-order valence-corrected chi connectivity index (χ1v) is 10.7. The number of halogens is 1. The van der Waals surface area contributed by atoms with Crippen molar-refractivity contribution in [1.29, 1.82) is 0 Å². The van der Waals surface area contributed by atoms with Crippen LogP contribution in [0.25, 0.3) is 11.8 Å². The van der Waals surface area contributed by atoms with Crippen LogP contribution in [0.4, 0.5) is 4.39 Å². The van der Waals surface area contributed by atoms with E-state index in [0.717, 1.165) is 29.1 Å². The number of rotatable bonds is 5. The summed E-state index contributed by atoms with van der Waals surface area (Å²) in [6, 6.07) is 10.5. The van der Waals surface area contributed by atoms with Gasteiger partial charge in [0, 0.05) is 4.88 Å². The van der Waals surface area contributed by atoms with Gasteiger partial charge in [0.1, 0.15) is 5.82 Å². The summed E-state index contributed by atoms with van der Waals surface area (Å²) < 4.78 is 15.2. The summed E-state index contributed by atoms with van der Waals surface area (Å²) in [5.74, 6) is 0.361. The van der Waals surface area contributed by atoms with Crippen LogP contribution in [0.1, 0.15) is 48.4 Å². The second-order valence-electron chi connectivity index (χ2n) is 8.29. The molecule has 2 aromatic heterocycles. The van der Waals surface area contributed by atoms with E-state index in [2.05, 4.69) is 18.1 Å². The highest BCUT2D eigenvalue weighted by Gasteiger charge is 2.43. The van der Waals surface area contributed by atoms with Crippen LogP contribution in [0, 0.1) is 17.2 Å². The molecule has 0 amide bonds. The fraction of sp³-hybridized carbons (Fsp3) is 0.348. The van der Waals surface area contributed by atoms with Gasteiger partial charge in [0.15, 0.2) is 0 Å². The number of thiophene rings is 1. The third-order valence-electron chi connectivity index (χ3n) is 6.06. The van der Waals surface area contributed by atoms with E-state index in [0.29, 0.717) is 5.92 Å². The first-order valence-electron chi connectivity index (χ1n) is 9.80. The van der Waals surface area contributed by atoms with E-state index in [-0.39, 0.29) is 11.2 Å². The zero-order valence-electron chi connectivity index (χ0n) is 15.8. The first-order chi connectivity index (χ1) is 13.5. The Labute approximate surface area is 168 Å². The lowest BCUT2D eigenvalue weighted by Crippen LogP contribution is -2.29. The number of fused-ring (bicyclic) bond motifs is 1. The topological polar surface area (TPSA) is 38.1 Å². The predicted octanol–water partition coefficient (Wildman–Crippen LogP) is 5.55. The van der Waals surface area contributed by atoms with Crippen molar-refractivity contribution < 1.29 is 9.50 Å². The summed E-state index contributed by atoms with van der Waals surface area (Å²) in [7, 11) is 0. The van der Waals surface area contributed by atoms with Crippen molar-refractivity contribution in [2.45, 2.75) is 38.7 Å². The molecule has 144 valence electrons. The lowest BCUT2D eigenvalue weighted by Gasteiger charge is -2.37. The van der Waals surface area contributed by atoms with Crippen molar-refractivity contribution in [3.8, 4) is 5.69 Å². The minimum Gasteiger partial charge on any atom is -0.388 e. The molecule has 0 radical (unpaired) electrons. The molecule has 2 aliphatic rings. The van der Waals surface area contributed by atoms with E-state index in [1.807, 2.05) is 28.4 Å². The average molecular weight is 395 g/mol. The predicted molar refractivity (Wildman–Crippen MR) is 110 cm³/mol. The molecule has 3 aromatic rings. The number of hydrogen-bond acceptors (Lipinski definition) is 3. The molecule has 0 aliphatic heterocycles. The third-order valence-corrected chi connectivity index (χ3v) is 7.03. The largest absolute Gasteiger partial charge is 0.388 e. The van der Waals surface area contributed by atoms with Gasteiger partial charge in [-0.05, 0) is 84.4 Å². The molecule has 28 heavy (non-hydrogen) atoms. The van der Waals surface area contributed by atoms with Gasteiger partial charge < -0.3 is 5.11 Å². The van der Waals surface area contributed by atoms with Crippen molar-refractivity contribution in [3.05, 3.63) is 75.5 Å². The highest BCUT2D eigenvalue weighted by atomic mass is 32.1. The van der Waals surface area contributed by atoms with Crippen LogP contribution < -0.4 is 0 Å². The molecule has 0 saturated heterocycles. The summed E-state index contributed by atoms with van der Waals surface area (Å²) in [6.07, 6.45) is 7.79. The highest BCUT2D eigenvalue weighted by molar-refractivity contribution is 7.10. The molecule has 2 heterocycles. The fourth-order valence-electron chi connectivity index (χ4n) is 4.52. The maximum Gasteiger partial charge on any atom is 0.123 e. The Kier molecular flexibility index (Phi) is 4.25. The van der Waals surface area contributed by atoms with Gasteiger partial charge in [-0.25, -0.2) is 9.07 Å². The SMILES string of the molecule is C[C@]1(CC(O)c2cccs2)Cc2cnn(-c3ccc(F)cc3)c2C=C1C1CC1. The molecule has 0 spiro atoms. The molecular weight excluding hydrogens is 371 g/mol. The summed E-state index contributed by atoms with van der Waals surface area (Å²) in [4.78, 5) is 1.03. The maximum atomic E-state index is 13.3. The number of hydrogen-bond donors (Lipinski definition) is 1. The Morgan fingerprint density at radius 2 is 2.07 bits per heavy atom. The zero-order valence-corrected chi connectivity index (χ0v) is 16.6. The van der Waals surface area contributed by atoms with E-state index in [1.54, 1.807) is 23.5 Å². The Morgan fingerprint density at radius 1 is 1.29 bits per heavy atom. The van der Waals surface area contributed by atoms with Gasteiger partial charge in [-0.1, -0.05) is 18.6 Å². The monoisotopic (exact) mass is 394 g/mol. The number of aliphatic hydroxyl groups excluding tert-OH is 1. The smallest absolute Gasteiger partial charge is 0.123 e. The Morgan fingerprint density at radius 3 is 2.75 bits per heavy atom. The average Bonchev–Trinajstić information content (AvgIpc) is 3.20. The third kappa shape index (κ3) is 3.12. The normalized spacial score (nSPS) is 22.6. The number of aromatic nitrogens is 2. The fourth-order valence-corrected chi connectivity index (χ4v) is 5.23. The first kappa shape index (κ1) is 17.8. The molecule has 2 atom stereocenters. The minimum absolute atomic E-state index is 0.0752. The van der Waals surface area contributed by atoms with Crippen LogP contribution in [-0.4, -0.2) is 14.9 Å². The van der Waals surface area contributed by atoms with Crippen LogP contribution in [0.5, 0.6) is 0 Å². The van der Waals surface area contributed by atoms with E-state index in [4.69, 9.17) is 0 Å². The van der Waals surface area contributed by atoms with E-state index < -0.39 is 6.10 Å². The van der Waals surface area contributed by atoms with Crippen LogP contribution in [0.2, 0.25) is 0 Å². The van der Waals surface area contributed by atoms with Crippen LogP contribution in [0.15, 0.2) is 53.5 Å².